The molecule has 0 aliphatic carbocycles. The van der Waals surface area contributed by atoms with Crippen LogP contribution in [0.3, 0.4) is 0 Å². The minimum atomic E-state index is -0.205. The predicted molar refractivity (Wildman–Crippen MR) is 114 cm³/mol. The van der Waals surface area contributed by atoms with Crippen LogP contribution in [0.25, 0.3) is 11.1 Å². The number of benzene rings is 1. The van der Waals surface area contributed by atoms with Crippen LogP contribution in [0.2, 0.25) is 5.02 Å². The molecule has 29 heavy (non-hydrogen) atoms. The Morgan fingerprint density at radius 1 is 1.28 bits per heavy atom. The van der Waals surface area contributed by atoms with Gasteiger partial charge >= 0.3 is 0 Å². The fraction of sp³-hybridized carbons (Fsp3) is 0.429. The van der Waals surface area contributed by atoms with Crippen LogP contribution in [0, 0.1) is 0 Å². The first-order valence-corrected chi connectivity index (χ1v) is 10.1. The average Bonchev–Trinajstić information content (AvgIpc) is 2.72. The molecule has 0 radical (unpaired) electrons. The predicted octanol–water partition coefficient (Wildman–Crippen LogP) is 2.71. The zero-order valence-electron chi connectivity index (χ0n) is 17.0. The van der Waals surface area contributed by atoms with Crippen molar-refractivity contribution in [2.24, 2.45) is 0 Å². The van der Waals surface area contributed by atoms with Gasteiger partial charge in [-0.25, -0.2) is 9.97 Å². The molecule has 1 aromatic heterocycles. The first kappa shape index (κ1) is 21.0. The van der Waals surface area contributed by atoms with E-state index in [9.17, 15) is 9.59 Å². The van der Waals surface area contributed by atoms with Crippen LogP contribution in [-0.4, -0.2) is 60.4 Å². The van der Waals surface area contributed by atoms with E-state index in [1.807, 2.05) is 54.4 Å². The second-order valence-electron chi connectivity index (χ2n) is 7.46. The molecule has 3 rings (SSSR count). The molecule has 0 bridgehead atoms. The summed E-state index contributed by atoms with van der Waals surface area (Å²) in [6.07, 6.45) is 3.67. The summed E-state index contributed by atoms with van der Waals surface area (Å²) in [5, 5.41) is 3.26. The van der Waals surface area contributed by atoms with Crippen molar-refractivity contribution in [3.63, 3.8) is 0 Å². The van der Waals surface area contributed by atoms with Crippen molar-refractivity contribution in [2.45, 2.75) is 25.7 Å². The van der Waals surface area contributed by atoms with Crippen LogP contribution < -0.4 is 10.2 Å². The Morgan fingerprint density at radius 3 is 2.66 bits per heavy atom. The molecule has 1 atom stereocenters. The SMILES string of the molecule is CC(=O)NCC(=O)N1CCC[C@@H](c2nc(N(C)C)ncc2-c2ccc(Cl)cc2)C1. The minimum Gasteiger partial charge on any atom is -0.347 e. The maximum absolute atomic E-state index is 12.5. The fourth-order valence-electron chi connectivity index (χ4n) is 3.50. The van der Waals surface area contributed by atoms with Crippen LogP contribution in [0.1, 0.15) is 31.4 Å². The van der Waals surface area contributed by atoms with Gasteiger partial charge < -0.3 is 15.1 Å². The lowest BCUT2D eigenvalue weighted by Gasteiger charge is -2.33. The van der Waals surface area contributed by atoms with E-state index in [0.717, 1.165) is 29.7 Å². The van der Waals surface area contributed by atoms with E-state index in [4.69, 9.17) is 16.6 Å². The average molecular weight is 416 g/mol. The van der Waals surface area contributed by atoms with E-state index in [1.54, 1.807) is 0 Å². The first-order chi connectivity index (χ1) is 13.8. The molecule has 1 saturated heterocycles. The van der Waals surface area contributed by atoms with Crippen molar-refractivity contribution in [1.29, 1.82) is 0 Å². The summed E-state index contributed by atoms with van der Waals surface area (Å²) in [7, 11) is 3.82. The van der Waals surface area contributed by atoms with Gasteiger partial charge in [0, 0.05) is 56.8 Å². The van der Waals surface area contributed by atoms with Crippen LogP contribution in [-0.2, 0) is 9.59 Å². The number of carbonyl (C=O) groups is 2. The number of nitrogens with one attached hydrogen (secondary N) is 1. The van der Waals surface area contributed by atoms with Crippen molar-refractivity contribution in [3.8, 4) is 11.1 Å². The standard InChI is InChI=1S/C21H26ClN5O2/c1-14(28)23-12-19(29)27-10-4-5-16(13-27)20-18(11-24-21(25-20)26(2)3)15-6-8-17(22)9-7-15/h6-9,11,16H,4-5,10,12-13H2,1-3H3,(H,23,28)/t16-/m1/s1. The summed E-state index contributed by atoms with van der Waals surface area (Å²) in [6, 6.07) is 7.63. The lowest BCUT2D eigenvalue weighted by molar-refractivity contribution is -0.133. The van der Waals surface area contributed by atoms with Gasteiger partial charge in [-0.1, -0.05) is 23.7 Å². The lowest BCUT2D eigenvalue weighted by atomic mass is 9.90. The van der Waals surface area contributed by atoms with Gasteiger partial charge in [-0.15, -0.1) is 0 Å². The number of hydrogen-bond donors (Lipinski definition) is 1. The van der Waals surface area contributed by atoms with E-state index in [1.165, 1.54) is 6.92 Å². The number of likely N-dealkylation sites (tertiary alicyclic amines) is 1. The maximum atomic E-state index is 12.5. The Hall–Kier alpha value is -2.67. The minimum absolute atomic E-state index is 0.0266. The van der Waals surface area contributed by atoms with E-state index >= 15 is 0 Å². The van der Waals surface area contributed by atoms with Crippen LogP contribution >= 0.6 is 11.6 Å². The zero-order valence-corrected chi connectivity index (χ0v) is 17.7. The van der Waals surface area contributed by atoms with Crippen molar-refractivity contribution >= 4 is 29.4 Å². The largest absolute Gasteiger partial charge is 0.347 e. The highest BCUT2D eigenvalue weighted by Crippen LogP contribution is 2.34. The Balaban J connectivity index is 1.90. The number of aromatic nitrogens is 2. The van der Waals surface area contributed by atoms with E-state index in [0.29, 0.717) is 24.1 Å². The normalized spacial score (nSPS) is 16.4. The van der Waals surface area contributed by atoms with Gasteiger partial charge in [0.05, 0.1) is 12.2 Å². The zero-order chi connectivity index (χ0) is 21.0. The van der Waals surface area contributed by atoms with Crippen LogP contribution in [0.4, 0.5) is 5.95 Å². The molecule has 0 unspecified atom stereocenters. The number of hydrogen-bond acceptors (Lipinski definition) is 5. The van der Waals surface area contributed by atoms with Crippen molar-refractivity contribution in [1.82, 2.24) is 20.2 Å². The second kappa shape index (κ2) is 9.22. The molecule has 1 fully saturated rings. The highest BCUT2D eigenvalue weighted by Gasteiger charge is 2.28. The molecule has 1 N–H and O–H groups in total. The van der Waals surface area contributed by atoms with Crippen molar-refractivity contribution < 1.29 is 9.59 Å². The summed E-state index contributed by atoms with van der Waals surface area (Å²) >= 11 is 6.05. The smallest absolute Gasteiger partial charge is 0.241 e. The van der Waals surface area contributed by atoms with Crippen molar-refractivity contribution in [2.75, 3.05) is 38.6 Å². The van der Waals surface area contributed by atoms with Crippen LogP contribution in [0.15, 0.2) is 30.5 Å². The highest BCUT2D eigenvalue weighted by molar-refractivity contribution is 6.30. The van der Waals surface area contributed by atoms with E-state index in [-0.39, 0.29) is 24.3 Å². The molecular weight excluding hydrogens is 390 g/mol. The fourth-order valence-corrected chi connectivity index (χ4v) is 3.63. The number of nitrogens with zero attached hydrogens (tertiary/aromatic N) is 4. The summed E-state index contributed by atoms with van der Waals surface area (Å²) in [4.78, 5) is 36.6. The number of piperidine rings is 1. The van der Waals surface area contributed by atoms with Crippen LogP contribution in [0.5, 0.6) is 0 Å². The molecule has 154 valence electrons. The van der Waals surface area contributed by atoms with Gasteiger partial charge in [-0.3, -0.25) is 9.59 Å². The van der Waals surface area contributed by atoms with E-state index in [2.05, 4.69) is 10.3 Å². The Morgan fingerprint density at radius 2 is 2.00 bits per heavy atom. The Labute approximate surface area is 176 Å². The van der Waals surface area contributed by atoms with Gasteiger partial charge in [0.15, 0.2) is 0 Å². The number of amides is 2. The molecule has 2 heterocycles. The van der Waals surface area contributed by atoms with Gasteiger partial charge in [-0.2, -0.15) is 0 Å². The maximum Gasteiger partial charge on any atom is 0.241 e. The molecule has 2 aromatic rings. The molecule has 0 saturated carbocycles. The number of anilines is 1. The molecular formula is C21H26ClN5O2. The quantitative estimate of drug-likeness (QED) is 0.812. The molecule has 1 aliphatic rings. The molecule has 2 amide bonds. The molecule has 0 spiro atoms. The summed E-state index contributed by atoms with van der Waals surface area (Å²) in [5.74, 6) is 0.458. The third-order valence-corrected chi connectivity index (χ3v) is 5.26. The molecule has 1 aliphatic heterocycles. The third kappa shape index (κ3) is 5.23. The third-order valence-electron chi connectivity index (χ3n) is 5.01. The summed E-state index contributed by atoms with van der Waals surface area (Å²) < 4.78 is 0. The first-order valence-electron chi connectivity index (χ1n) is 9.67. The van der Waals surface area contributed by atoms with Gasteiger partial charge in [0.25, 0.3) is 0 Å². The van der Waals surface area contributed by atoms with Gasteiger partial charge in [0.1, 0.15) is 0 Å². The lowest BCUT2D eigenvalue weighted by Crippen LogP contribution is -2.44. The van der Waals surface area contributed by atoms with Gasteiger partial charge in [-0.05, 0) is 30.5 Å². The molecule has 8 heteroatoms. The number of halogens is 1. The highest BCUT2D eigenvalue weighted by atomic mass is 35.5. The number of carbonyl (C=O) groups excluding carboxylic acids is 2. The monoisotopic (exact) mass is 415 g/mol. The Bertz CT molecular complexity index is 885. The Kier molecular flexibility index (Phi) is 6.69. The molecule has 1 aromatic carbocycles. The van der Waals surface area contributed by atoms with E-state index < -0.39 is 0 Å². The van der Waals surface area contributed by atoms with Crippen molar-refractivity contribution in [3.05, 3.63) is 41.2 Å². The number of rotatable bonds is 5. The summed E-state index contributed by atoms with van der Waals surface area (Å²) in [5.41, 5.74) is 2.88. The summed E-state index contributed by atoms with van der Waals surface area (Å²) in [6.45, 7) is 2.70. The molecule has 7 nitrogen and oxygen atoms in total. The van der Waals surface area contributed by atoms with Gasteiger partial charge in [0.2, 0.25) is 17.8 Å². The topological polar surface area (TPSA) is 78.4 Å². The second-order valence-corrected chi connectivity index (χ2v) is 7.90.